The summed E-state index contributed by atoms with van der Waals surface area (Å²) in [6.07, 6.45) is 3.13. The molecule has 0 aromatic carbocycles. The van der Waals surface area contributed by atoms with E-state index in [9.17, 15) is 24.3 Å². The molecular formula is C19H35N5O5. The molecule has 1 rings (SSSR count). The highest BCUT2D eigenvalue weighted by molar-refractivity contribution is 5.94. The Bertz CT molecular complexity index is 577. The normalized spacial score (nSPS) is 19.3. The van der Waals surface area contributed by atoms with Gasteiger partial charge in [0, 0.05) is 0 Å². The number of hydrogen-bond acceptors (Lipinski definition) is 6. The molecule has 10 nitrogen and oxygen atoms in total. The van der Waals surface area contributed by atoms with E-state index in [0.717, 1.165) is 19.4 Å². The average Bonchev–Trinajstić information content (AvgIpc) is 3.19. The van der Waals surface area contributed by atoms with Crippen LogP contribution in [-0.4, -0.2) is 66.1 Å². The number of carboxylic acids is 1. The lowest BCUT2D eigenvalue weighted by molar-refractivity contribution is -0.142. The summed E-state index contributed by atoms with van der Waals surface area (Å²) in [5.41, 5.74) is 5.41. The number of aliphatic carboxylic acids is 1. The molecule has 1 fully saturated rings. The van der Waals surface area contributed by atoms with Crippen molar-refractivity contribution in [2.75, 3.05) is 13.1 Å². The molecule has 1 saturated heterocycles. The van der Waals surface area contributed by atoms with E-state index in [1.807, 2.05) is 0 Å². The second-order valence-electron chi connectivity index (χ2n) is 7.79. The Labute approximate surface area is 171 Å². The SMILES string of the molecule is CC(NC(=O)C(NC(=O)C1CCCN1)C(C)C)C(=O)NC(CCCCN)C(=O)O. The van der Waals surface area contributed by atoms with Gasteiger partial charge in [0.05, 0.1) is 6.04 Å². The predicted molar refractivity (Wildman–Crippen MR) is 108 cm³/mol. The fourth-order valence-electron chi connectivity index (χ4n) is 3.11. The number of nitrogens with one attached hydrogen (secondary N) is 4. The predicted octanol–water partition coefficient (Wildman–Crippen LogP) is -0.918. The molecule has 0 spiro atoms. The van der Waals surface area contributed by atoms with Gasteiger partial charge in [-0.05, 0) is 58.0 Å². The fourth-order valence-corrected chi connectivity index (χ4v) is 3.11. The number of carbonyl (C=O) groups is 4. The summed E-state index contributed by atoms with van der Waals surface area (Å²) in [4.78, 5) is 48.6. The topological polar surface area (TPSA) is 163 Å². The van der Waals surface area contributed by atoms with Gasteiger partial charge in [-0.3, -0.25) is 14.4 Å². The number of carbonyl (C=O) groups excluding carboxylic acids is 3. The highest BCUT2D eigenvalue weighted by atomic mass is 16.4. The summed E-state index contributed by atoms with van der Waals surface area (Å²) >= 11 is 0. The Morgan fingerprint density at radius 2 is 1.76 bits per heavy atom. The van der Waals surface area contributed by atoms with E-state index in [1.54, 1.807) is 13.8 Å². The van der Waals surface area contributed by atoms with Gasteiger partial charge in [-0.1, -0.05) is 13.8 Å². The maximum Gasteiger partial charge on any atom is 0.326 e. The largest absolute Gasteiger partial charge is 0.480 e. The van der Waals surface area contributed by atoms with E-state index < -0.39 is 35.9 Å². The third kappa shape index (κ3) is 8.36. The van der Waals surface area contributed by atoms with Crippen LogP contribution in [-0.2, 0) is 19.2 Å². The lowest BCUT2D eigenvalue weighted by Gasteiger charge is -2.25. The Hall–Kier alpha value is -2.20. The molecule has 1 aliphatic heterocycles. The third-order valence-electron chi connectivity index (χ3n) is 4.94. The van der Waals surface area contributed by atoms with E-state index in [2.05, 4.69) is 21.3 Å². The van der Waals surface area contributed by atoms with E-state index in [4.69, 9.17) is 5.73 Å². The molecule has 0 aliphatic carbocycles. The van der Waals surface area contributed by atoms with Crippen LogP contribution >= 0.6 is 0 Å². The van der Waals surface area contributed by atoms with E-state index in [-0.39, 0.29) is 24.3 Å². The van der Waals surface area contributed by atoms with Crippen molar-refractivity contribution in [1.29, 1.82) is 0 Å². The molecule has 4 atom stereocenters. The molecule has 1 aliphatic rings. The second-order valence-corrected chi connectivity index (χ2v) is 7.79. The van der Waals surface area contributed by atoms with Gasteiger partial charge >= 0.3 is 5.97 Å². The standard InChI is InChI=1S/C19H35N5O5/c1-11(2)15(24-17(26)13-8-6-10-21-13)18(27)22-12(3)16(25)23-14(19(28)29)7-4-5-9-20/h11-15,21H,4-10,20H2,1-3H3,(H,22,27)(H,23,25)(H,24,26)(H,28,29). The quantitative estimate of drug-likeness (QED) is 0.225. The molecule has 7 N–H and O–H groups in total. The van der Waals surface area contributed by atoms with Crippen LogP contribution in [0.2, 0.25) is 0 Å². The molecule has 0 aromatic rings. The van der Waals surface area contributed by atoms with Crippen LogP contribution in [0.15, 0.2) is 0 Å². The van der Waals surface area contributed by atoms with Gasteiger partial charge in [-0.25, -0.2) is 4.79 Å². The van der Waals surface area contributed by atoms with Gasteiger partial charge in [0.15, 0.2) is 0 Å². The smallest absolute Gasteiger partial charge is 0.326 e. The van der Waals surface area contributed by atoms with Crippen LogP contribution in [0, 0.1) is 5.92 Å². The second kappa shape index (κ2) is 12.4. The first-order valence-electron chi connectivity index (χ1n) is 10.2. The van der Waals surface area contributed by atoms with E-state index >= 15 is 0 Å². The number of rotatable bonds is 12. The zero-order chi connectivity index (χ0) is 22.0. The molecule has 1 heterocycles. The van der Waals surface area contributed by atoms with Crippen molar-refractivity contribution in [3.05, 3.63) is 0 Å². The van der Waals surface area contributed by atoms with Crippen LogP contribution in [0.3, 0.4) is 0 Å². The third-order valence-corrected chi connectivity index (χ3v) is 4.94. The van der Waals surface area contributed by atoms with Gasteiger partial charge in [-0.2, -0.15) is 0 Å². The zero-order valence-electron chi connectivity index (χ0n) is 17.5. The molecular weight excluding hydrogens is 378 g/mol. The highest BCUT2D eigenvalue weighted by Crippen LogP contribution is 2.08. The lowest BCUT2D eigenvalue weighted by atomic mass is 10.0. The summed E-state index contributed by atoms with van der Waals surface area (Å²) in [6.45, 7) is 6.30. The summed E-state index contributed by atoms with van der Waals surface area (Å²) in [5.74, 6) is -2.63. The van der Waals surface area contributed by atoms with Crippen LogP contribution < -0.4 is 27.0 Å². The summed E-state index contributed by atoms with van der Waals surface area (Å²) < 4.78 is 0. The first kappa shape index (κ1) is 24.8. The highest BCUT2D eigenvalue weighted by Gasteiger charge is 2.31. The molecule has 0 aromatic heterocycles. The summed E-state index contributed by atoms with van der Waals surface area (Å²) in [5, 5.41) is 20.1. The van der Waals surface area contributed by atoms with Crippen molar-refractivity contribution in [3.63, 3.8) is 0 Å². The van der Waals surface area contributed by atoms with Gasteiger partial charge in [0.2, 0.25) is 17.7 Å². The molecule has 10 heteroatoms. The van der Waals surface area contributed by atoms with E-state index in [0.29, 0.717) is 19.4 Å². The molecule has 4 unspecified atom stereocenters. The van der Waals surface area contributed by atoms with Crippen molar-refractivity contribution < 1.29 is 24.3 Å². The maximum absolute atomic E-state index is 12.6. The van der Waals surface area contributed by atoms with Crippen LogP contribution in [0.5, 0.6) is 0 Å². The zero-order valence-corrected chi connectivity index (χ0v) is 17.5. The minimum Gasteiger partial charge on any atom is -0.480 e. The molecule has 0 radical (unpaired) electrons. The summed E-state index contributed by atoms with van der Waals surface area (Å²) in [6, 6.07) is -3.08. The fraction of sp³-hybridized carbons (Fsp3) is 0.789. The summed E-state index contributed by atoms with van der Waals surface area (Å²) in [7, 11) is 0. The Morgan fingerprint density at radius 1 is 1.07 bits per heavy atom. The first-order chi connectivity index (χ1) is 13.7. The molecule has 29 heavy (non-hydrogen) atoms. The number of amides is 3. The first-order valence-corrected chi connectivity index (χ1v) is 10.2. The molecule has 3 amide bonds. The minimum atomic E-state index is -1.13. The Kier molecular flexibility index (Phi) is 10.6. The monoisotopic (exact) mass is 413 g/mol. The number of nitrogens with two attached hydrogens (primary N) is 1. The van der Waals surface area contributed by atoms with Crippen molar-refractivity contribution in [1.82, 2.24) is 21.3 Å². The number of hydrogen-bond donors (Lipinski definition) is 6. The van der Waals surface area contributed by atoms with Gasteiger partial charge in [0.1, 0.15) is 18.1 Å². The lowest BCUT2D eigenvalue weighted by Crippen LogP contribution is -2.57. The van der Waals surface area contributed by atoms with Gasteiger partial charge in [0.25, 0.3) is 0 Å². The minimum absolute atomic E-state index is 0.182. The molecule has 0 bridgehead atoms. The van der Waals surface area contributed by atoms with Crippen LogP contribution in [0.25, 0.3) is 0 Å². The van der Waals surface area contributed by atoms with Gasteiger partial charge in [-0.15, -0.1) is 0 Å². The van der Waals surface area contributed by atoms with Gasteiger partial charge < -0.3 is 32.1 Å². The van der Waals surface area contributed by atoms with Crippen molar-refractivity contribution in [3.8, 4) is 0 Å². The number of unbranched alkanes of at least 4 members (excludes halogenated alkanes) is 1. The molecule has 166 valence electrons. The molecule has 0 saturated carbocycles. The maximum atomic E-state index is 12.6. The number of carboxylic acid groups (broad SMARTS) is 1. The Morgan fingerprint density at radius 3 is 2.28 bits per heavy atom. The van der Waals surface area contributed by atoms with Crippen molar-refractivity contribution in [2.24, 2.45) is 11.7 Å². The van der Waals surface area contributed by atoms with Crippen LogP contribution in [0.4, 0.5) is 0 Å². The van der Waals surface area contributed by atoms with Crippen molar-refractivity contribution >= 4 is 23.7 Å². The van der Waals surface area contributed by atoms with Crippen LogP contribution in [0.1, 0.15) is 52.9 Å². The average molecular weight is 414 g/mol. The Balaban J connectivity index is 2.61. The van der Waals surface area contributed by atoms with Crippen molar-refractivity contribution in [2.45, 2.75) is 77.0 Å². The van der Waals surface area contributed by atoms with E-state index in [1.165, 1.54) is 6.92 Å².